The molecule has 0 aliphatic carbocycles. The fraction of sp³-hybridized carbons (Fsp3) is 0.353. The van der Waals surface area contributed by atoms with E-state index < -0.39 is 10.0 Å². The van der Waals surface area contributed by atoms with Crippen LogP contribution in [0.25, 0.3) is 0 Å². The van der Waals surface area contributed by atoms with Gasteiger partial charge < -0.3 is 4.74 Å². The zero-order valence-electron chi connectivity index (χ0n) is 13.5. The van der Waals surface area contributed by atoms with Crippen LogP contribution in [0.4, 0.5) is 0 Å². The number of carbonyl (C=O) groups excluding carboxylic acids is 1. The third-order valence-electron chi connectivity index (χ3n) is 2.93. The van der Waals surface area contributed by atoms with Gasteiger partial charge in [-0.2, -0.15) is 0 Å². The number of benzene rings is 1. The molecule has 0 spiro atoms. The summed E-state index contributed by atoms with van der Waals surface area (Å²) < 4.78 is 31.3. The summed E-state index contributed by atoms with van der Waals surface area (Å²) in [7, 11) is -3.47. The lowest BCUT2D eigenvalue weighted by Crippen LogP contribution is -2.23. The van der Waals surface area contributed by atoms with Gasteiger partial charge in [0.2, 0.25) is 10.0 Å². The molecule has 0 saturated carbocycles. The van der Waals surface area contributed by atoms with Gasteiger partial charge in [0, 0.05) is 12.6 Å². The van der Waals surface area contributed by atoms with E-state index in [1.54, 1.807) is 43.3 Å². The number of sulfonamides is 1. The summed E-state index contributed by atoms with van der Waals surface area (Å²) in [5.41, 5.74) is 1.01. The molecule has 5 nitrogen and oxygen atoms in total. The predicted molar refractivity (Wildman–Crippen MR) is 90.5 cm³/mol. The van der Waals surface area contributed by atoms with Crippen molar-refractivity contribution in [3.05, 3.63) is 54.1 Å². The van der Waals surface area contributed by atoms with Crippen LogP contribution in [0.5, 0.6) is 0 Å². The molecular formula is C17H23NO4S. The molecule has 0 atom stereocenters. The molecular weight excluding hydrogens is 314 g/mol. The fourth-order valence-electron chi connectivity index (χ4n) is 1.72. The van der Waals surface area contributed by atoms with E-state index in [0.717, 1.165) is 12.0 Å². The number of ether oxygens (including phenoxy) is 1. The first-order chi connectivity index (χ1) is 11.0. The summed E-state index contributed by atoms with van der Waals surface area (Å²) in [5, 5.41) is 0. The fourth-order valence-corrected chi connectivity index (χ4v) is 2.70. The van der Waals surface area contributed by atoms with Gasteiger partial charge in [-0.1, -0.05) is 35.9 Å². The van der Waals surface area contributed by atoms with Crippen LogP contribution < -0.4 is 4.72 Å². The van der Waals surface area contributed by atoms with E-state index >= 15 is 0 Å². The molecule has 0 aliphatic rings. The first-order valence-corrected chi connectivity index (χ1v) is 8.98. The Kier molecular flexibility index (Phi) is 8.29. The van der Waals surface area contributed by atoms with E-state index in [2.05, 4.69) is 4.72 Å². The maximum Gasteiger partial charge on any atom is 0.330 e. The number of rotatable bonds is 9. The molecule has 1 N–H and O–H groups in total. The van der Waals surface area contributed by atoms with Crippen molar-refractivity contribution < 1.29 is 17.9 Å². The third kappa shape index (κ3) is 7.76. The molecule has 0 radical (unpaired) electrons. The lowest BCUT2D eigenvalue weighted by atomic mass is 10.2. The van der Waals surface area contributed by atoms with Crippen LogP contribution in [-0.4, -0.2) is 27.5 Å². The van der Waals surface area contributed by atoms with Gasteiger partial charge in [0.05, 0.1) is 11.5 Å². The predicted octanol–water partition coefficient (Wildman–Crippen LogP) is 2.73. The highest BCUT2D eigenvalue weighted by molar-refractivity contribution is 7.89. The van der Waals surface area contributed by atoms with Gasteiger partial charge in [0.1, 0.15) is 0 Å². The zero-order valence-corrected chi connectivity index (χ0v) is 14.3. The molecule has 0 aromatic heterocycles. The van der Waals surface area contributed by atoms with E-state index in [-0.39, 0.29) is 17.4 Å². The number of nitrogens with one attached hydrogen (secondary N) is 1. The summed E-state index contributed by atoms with van der Waals surface area (Å²) in [5.74, 6) is -0.345. The minimum Gasteiger partial charge on any atom is -0.463 e. The van der Waals surface area contributed by atoms with Crippen molar-refractivity contribution in [1.82, 2.24) is 4.72 Å². The molecule has 0 fully saturated rings. The smallest absolute Gasteiger partial charge is 0.330 e. The topological polar surface area (TPSA) is 72.5 Å². The zero-order chi connectivity index (χ0) is 17.1. The standard InChI is InChI=1S/C17H23NO4S/c1-3-22-17(19)9-7-5-4-6-8-14-18-23(20,21)16-12-10-15(2)11-13-16/h6-13,18H,3-5,14H2,1-2H3/b8-6-,9-7+. The van der Waals surface area contributed by atoms with Crippen molar-refractivity contribution in [2.75, 3.05) is 13.2 Å². The van der Waals surface area contributed by atoms with Gasteiger partial charge in [-0.3, -0.25) is 0 Å². The molecule has 1 aromatic rings. The minimum absolute atomic E-state index is 0.234. The number of allylic oxidation sites excluding steroid dienone is 2. The second-order valence-corrected chi connectivity index (χ2v) is 6.64. The van der Waals surface area contributed by atoms with E-state index in [1.807, 2.05) is 13.0 Å². The lowest BCUT2D eigenvalue weighted by molar-refractivity contribution is -0.137. The van der Waals surface area contributed by atoms with Crippen molar-refractivity contribution in [1.29, 1.82) is 0 Å². The van der Waals surface area contributed by atoms with E-state index in [4.69, 9.17) is 4.74 Å². The van der Waals surface area contributed by atoms with Crippen molar-refractivity contribution >= 4 is 16.0 Å². The molecule has 0 saturated heterocycles. The highest BCUT2D eigenvalue weighted by Crippen LogP contribution is 2.09. The largest absolute Gasteiger partial charge is 0.463 e. The number of hydrogen-bond donors (Lipinski definition) is 1. The normalized spacial score (nSPS) is 12.1. The Bertz CT molecular complexity index is 646. The van der Waals surface area contributed by atoms with E-state index in [1.165, 1.54) is 6.08 Å². The summed E-state index contributed by atoms with van der Waals surface area (Å²) in [4.78, 5) is 11.3. The summed E-state index contributed by atoms with van der Waals surface area (Å²) in [6, 6.07) is 6.70. The second-order valence-electron chi connectivity index (χ2n) is 4.87. The number of unbranched alkanes of at least 4 members (excludes halogenated alkanes) is 1. The minimum atomic E-state index is -3.47. The number of carbonyl (C=O) groups is 1. The Morgan fingerprint density at radius 1 is 1.13 bits per heavy atom. The lowest BCUT2D eigenvalue weighted by Gasteiger charge is -2.04. The quantitative estimate of drug-likeness (QED) is 0.325. The monoisotopic (exact) mass is 337 g/mol. The van der Waals surface area contributed by atoms with Gasteiger partial charge in [-0.25, -0.2) is 17.9 Å². The summed E-state index contributed by atoms with van der Waals surface area (Å²) in [6.45, 7) is 4.26. The van der Waals surface area contributed by atoms with Crippen molar-refractivity contribution in [3.8, 4) is 0 Å². The Balaban J connectivity index is 2.30. The van der Waals surface area contributed by atoms with Gasteiger partial charge >= 0.3 is 5.97 Å². The Labute approximate surface area is 138 Å². The maximum absolute atomic E-state index is 12.0. The van der Waals surface area contributed by atoms with Gasteiger partial charge in [-0.05, 0) is 38.8 Å². The first-order valence-electron chi connectivity index (χ1n) is 7.50. The van der Waals surface area contributed by atoms with Crippen LogP contribution in [0.1, 0.15) is 25.3 Å². The Hall–Kier alpha value is -1.92. The number of aryl methyl sites for hydroxylation is 1. The third-order valence-corrected chi connectivity index (χ3v) is 4.37. The molecule has 0 aliphatic heterocycles. The van der Waals surface area contributed by atoms with Crippen LogP contribution in [-0.2, 0) is 19.6 Å². The molecule has 0 heterocycles. The van der Waals surface area contributed by atoms with E-state index in [9.17, 15) is 13.2 Å². The van der Waals surface area contributed by atoms with Crippen LogP contribution >= 0.6 is 0 Å². The molecule has 0 amide bonds. The number of hydrogen-bond acceptors (Lipinski definition) is 4. The average molecular weight is 337 g/mol. The Morgan fingerprint density at radius 3 is 2.43 bits per heavy atom. The van der Waals surface area contributed by atoms with Gasteiger partial charge in [0.15, 0.2) is 0 Å². The molecule has 0 bridgehead atoms. The highest BCUT2D eigenvalue weighted by Gasteiger charge is 2.11. The molecule has 23 heavy (non-hydrogen) atoms. The van der Waals surface area contributed by atoms with Crippen molar-refractivity contribution in [2.24, 2.45) is 0 Å². The van der Waals surface area contributed by atoms with Crippen LogP contribution in [0.3, 0.4) is 0 Å². The molecule has 126 valence electrons. The van der Waals surface area contributed by atoms with Crippen molar-refractivity contribution in [2.45, 2.75) is 31.6 Å². The highest BCUT2D eigenvalue weighted by atomic mass is 32.2. The van der Waals surface area contributed by atoms with Crippen LogP contribution in [0.2, 0.25) is 0 Å². The first kappa shape index (κ1) is 19.1. The van der Waals surface area contributed by atoms with Gasteiger partial charge in [0.25, 0.3) is 0 Å². The molecule has 1 rings (SSSR count). The molecule has 6 heteroatoms. The van der Waals surface area contributed by atoms with E-state index in [0.29, 0.717) is 13.0 Å². The van der Waals surface area contributed by atoms with Crippen LogP contribution in [0, 0.1) is 6.92 Å². The number of esters is 1. The summed E-state index contributed by atoms with van der Waals surface area (Å²) >= 11 is 0. The molecule has 1 aromatic carbocycles. The Morgan fingerprint density at radius 2 is 1.78 bits per heavy atom. The molecule has 0 unspecified atom stereocenters. The second kappa shape index (κ2) is 9.97. The van der Waals surface area contributed by atoms with Crippen molar-refractivity contribution in [3.63, 3.8) is 0 Å². The SMILES string of the molecule is CCOC(=O)/C=C/CC/C=C\CNS(=O)(=O)c1ccc(C)cc1. The average Bonchev–Trinajstić information content (AvgIpc) is 2.50. The van der Waals surface area contributed by atoms with Gasteiger partial charge in [-0.15, -0.1) is 0 Å². The summed E-state index contributed by atoms with van der Waals surface area (Å²) in [6.07, 6.45) is 8.18. The van der Waals surface area contributed by atoms with Crippen LogP contribution in [0.15, 0.2) is 53.5 Å². The maximum atomic E-state index is 12.0.